The van der Waals surface area contributed by atoms with Crippen LogP contribution in [0.3, 0.4) is 0 Å². The maximum atomic E-state index is 12.6. The van der Waals surface area contributed by atoms with Crippen LogP contribution in [0.25, 0.3) is 0 Å². The van der Waals surface area contributed by atoms with Gasteiger partial charge in [-0.3, -0.25) is 4.90 Å². The lowest BCUT2D eigenvalue weighted by Gasteiger charge is -2.26. The van der Waals surface area contributed by atoms with E-state index in [2.05, 4.69) is 41.0 Å². The van der Waals surface area contributed by atoms with Crippen LogP contribution in [-0.4, -0.2) is 66.7 Å². The van der Waals surface area contributed by atoms with Gasteiger partial charge in [0.15, 0.2) is 0 Å². The summed E-state index contributed by atoms with van der Waals surface area (Å²) < 4.78 is 27.1. The number of rotatable bonds is 10. The monoisotopic (exact) mass is 418 g/mol. The van der Waals surface area contributed by atoms with E-state index in [4.69, 9.17) is 0 Å². The van der Waals surface area contributed by atoms with Crippen LogP contribution in [0.4, 0.5) is 0 Å². The summed E-state index contributed by atoms with van der Waals surface area (Å²) >= 11 is 0. The first-order valence-corrected chi connectivity index (χ1v) is 12.3. The molecule has 7 heteroatoms. The SMILES string of the molecule is CCS(=O)(=O)c1ncc(CN(C)CC2CCCN2C)n1CCCc1ccccc1. The number of sulfone groups is 1. The fourth-order valence-corrected chi connectivity index (χ4v) is 5.15. The van der Waals surface area contributed by atoms with Crippen LogP contribution in [0, 0.1) is 0 Å². The first-order valence-electron chi connectivity index (χ1n) is 10.6. The molecule has 1 atom stereocenters. The molecule has 1 fully saturated rings. The van der Waals surface area contributed by atoms with Gasteiger partial charge in [0.25, 0.3) is 0 Å². The van der Waals surface area contributed by atoms with E-state index in [9.17, 15) is 8.42 Å². The highest BCUT2D eigenvalue weighted by atomic mass is 32.2. The molecule has 0 spiro atoms. The number of likely N-dealkylation sites (N-methyl/N-ethyl adjacent to an activating group) is 2. The molecule has 0 saturated carbocycles. The zero-order chi connectivity index (χ0) is 20.9. The molecule has 0 bridgehead atoms. The van der Waals surface area contributed by atoms with Crippen LogP contribution in [0.15, 0.2) is 41.7 Å². The van der Waals surface area contributed by atoms with Crippen LogP contribution in [0.2, 0.25) is 0 Å². The normalized spacial score (nSPS) is 18.0. The average Bonchev–Trinajstić information content (AvgIpc) is 3.29. The Morgan fingerprint density at radius 2 is 2.00 bits per heavy atom. The van der Waals surface area contributed by atoms with Gasteiger partial charge in [-0.15, -0.1) is 0 Å². The summed E-state index contributed by atoms with van der Waals surface area (Å²) in [4.78, 5) is 9.03. The van der Waals surface area contributed by atoms with Crippen molar-refractivity contribution < 1.29 is 8.42 Å². The van der Waals surface area contributed by atoms with Crippen molar-refractivity contribution in [2.24, 2.45) is 0 Å². The molecular weight excluding hydrogens is 384 g/mol. The Morgan fingerprint density at radius 3 is 2.66 bits per heavy atom. The second-order valence-corrected chi connectivity index (χ2v) is 10.3. The number of hydrogen-bond donors (Lipinski definition) is 0. The highest BCUT2D eigenvalue weighted by Gasteiger charge is 2.24. The second kappa shape index (κ2) is 9.87. The number of likely N-dealkylation sites (tertiary alicyclic amines) is 1. The van der Waals surface area contributed by atoms with E-state index in [0.29, 0.717) is 19.1 Å². The van der Waals surface area contributed by atoms with Crippen molar-refractivity contribution in [1.29, 1.82) is 0 Å². The molecule has 0 aliphatic carbocycles. The molecule has 1 unspecified atom stereocenters. The van der Waals surface area contributed by atoms with Gasteiger partial charge in [-0.2, -0.15) is 0 Å². The third-order valence-electron chi connectivity index (χ3n) is 5.88. The smallest absolute Gasteiger partial charge is 0.227 e. The fraction of sp³-hybridized carbons (Fsp3) is 0.591. The first-order chi connectivity index (χ1) is 13.9. The highest BCUT2D eigenvalue weighted by molar-refractivity contribution is 7.91. The number of benzene rings is 1. The van der Waals surface area contributed by atoms with E-state index in [0.717, 1.165) is 31.6 Å². The Kier molecular flexibility index (Phi) is 7.49. The molecule has 1 aromatic carbocycles. The largest absolute Gasteiger partial charge is 0.318 e. The second-order valence-electron chi connectivity index (χ2n) is 8.15. The molecular formula is C22H34N4O2S. The first kappa shape index (κ1) is 22.0. The minimum atomic E-state index is -3.34. The van der Waals surface area contributed by atoms with E-state index < -0.39 is 9.84 Å². The van der Waals surface area contributed by atoms with E-state index in [1.807, 2.05) is 22.8 Å². The molecule has 1 aliphatic heterocycles. The maximum absolute atomic E-state index is 12.6. The van der Waals surface area contributed by atoms with Gasteiger partial charge in [0, 0.05) is 25.7 Å². The van der Waals surface area contributed by atoms with Gasteiger partial charge >= 0.3 is 0 Å². The molecule has 3 rings (SSSR count). The molecule has 0 N–H and O–H groups in total. The van der Waals surface area contributed by atoms with Crippen molar-refractivity contribution in [3.8, 4) is 0 Å². The number of hydrogen-bond acceptors (Lipinski definition) is 5. The zero-order valence-corrected chi connectivity index (χ0v) is 18.7. The van der Waals surface area contributed by atoms with Crippen molar-refractivity contribution in [2.45, 2.75) is 56.9 Å². The lowest BCUT2D eigenvalue weighted by atomic mass is 10.1. The van der Waals surface area contributed by atoms with Crippen LogP contribution >= 0.6 is 0 Å². The van der Waals surface area contributed by atoms with Gasteiger partial charge in [-0.1, -0.05) is 37.3 Å². The number of nitrogens with zero attached hydrogens (tertiary/aromatic N) is 4. The predicted octanol–water partition coefficient (Wildman–Crippen LogP) is 2.84. The molecule has 1 aromatic heterocycles. The average molecular weight is 419 g/mol. The lowest BCUT2D eigenvalue weighted by molar-refractivity contribution is 0.212. The van der Waals surface area contributed by atoms with E-state index >= 15 is 0 Å². The topological polar surface area (TPSA) is 58.4 Å². The Labute approximate surface area is 175 Å². The summed E-state index contributed by atoms with van der Waals surface area (Å²) in [5, 5.41) is 0.217. The van der Waals surface area contributed by atoms with Gasteiger partial charge in [0.2, 0.25) is 15.0 Å². The summed E-state index contributed by atoms with van der Waals surface area (Å²) in [5.41, 5.74) is 2.25. The molecule has 2 heterocycles. The number of aryl methyl sites for hydroxylation is 1. The van der Waals surface area contributed by atoms with Crippen LogP contribution in [0.1, 0.15) is 37.4 Å². The van der Waals surface area contributed by atoms with E-state index in [1.54, 1.807) is 13.1 Å². The van der Waals surface area contributed by atoms with Crippen LogP contribution < -0.4 is 0 Å². The predicted molar refractivity (Wildman–Crippen MR) is 117 cm³/mol. The van der Waals surface area contributed by atoms with Gasteiger partial charge in [0.05, 0.1) is 17.6 Å². The third-order valence-corrected chi connectivity index (χ3v) is 7.52. The molecule has 0 amide bonds. The number of imidazole rings is 1. The van der Waals surface area contributed by atoms with Gasteiger partial charge in [-0.25, -0.2) is 13.4 Å². The maximum Gasteiger partial charge on any atom is 0.227 e. The van der Waals surface area contributed by atoms with Crippen LogP contribution in [0.5, 0.6) is 0 Å². The quantitative estimate of drug-likeness (QED) is 0.594. The molecule has 160 valence electrons. The van der Waals surface area contributed by atoms with Gasteiger partial charge in [0.1, 0.15) is 0 Å². The van der Waals surface area contributed by atoms with Crippen molar-refractivity contribution >= 4 is 9.84 Å². The molecule has 1 saturated heterocycles. The van der Waals surface area contributed by atoms with Crippen molar-refractivity contribution in [2.75, 3.05) is 32.9 Å². The Bertz CT molecular complexity index is 879. The Balaban J connectivity index is 1.71. The summed E-state index contributed by atoms with van der Waals surface area (Å²) in [5.74, 6) is 0.0743. The standard InChI is InChI=1S/C22H34N4O2S/c1-4-29(27,28)22-23-16-21(18-24(2)17-20-13-9-14-25(20)3)26(22)15-8-12-19-10-6-5-7-11-19/h5-7,10-11,16,20H,4,8-9,12-15,17-18H2,1-3H3. The van der Waals surface area contributed by atoms with E-state index in [1.165, 1.54) is 18.4 Å². The minimum Gasteiger partial charge on any atom is -0.318 e. The molecule has 0 radical (unpaired) electrons. The molecule has 29 heavy (non-hydrogen) atoms. The summed E-state index contributed by atoms with van der Waals surface area (Å²) in [7, 11) is 0.953. The van der Waals surface area contributed by atoms with E-state index in [-0.39, 0.29) is 10.9 Å². The summed E-state index contributed by atoms with van der Waals surface area (Å²) in [6.45, 7) is 5.20. The Hall–Kier alpha value is -1.70. The van der Waals surface area contributed by atoms with Crippen molar-refractivity contribution in [3.63, 3.8) is 0 Å². The lowest BCUT2D eigenvalue weighted by Crippen LogP contribution is -2.36. The minimum absolute atomic E-state index is 0.0743. The van der Waals surface area contributed by atoms with Crippen LogP contribution in [-0.2, 0) is 29.3 Å². The van der Waals surface area contributed by atoms with Gasteiger partial charge < -0.3 is 9.47 Å². The molecule has 6 nitrogen and oxygen atoms in total. The van der Waals surface area contributed by atoms with Gasteiger partial charge in [-0.05, 0) is 51.9 Å². The number of aromatic nitrogens is 2. The zero-order valence-electron chi connectivity index (χ0n) is 17.9. The molecule has 2 aromatic rings. The highest BCUT2D eigenvalue weighted by Crippen LogP contribution is 2.19. The third kappa shape index (κ3) is 5.68. The van der Waals surface area contributed by atoms with Crippen molar-refractivity contribution in [3.05, 3.63) is 47.8 Å². The fourth-order valence-electron chi connectivity index (χ4n) is 4.13. The Morgan fingerprint density at radius 1 is 1.24 bits per heavy atom. The summed E-state index contributed by atoms with van der Waals surface area (Å²) in [6.07, 6.45) is 6.04. The summed E-state index contributed by atoms with van der Waals surface area (Å²) in [6, 6.07) is 10.9. The van der Waals surface area contributed by atoms with Crippen molar-refractivity contribution in [1.82, 2.24) is 19.4 Å². The molecule has 1 aliphatic rings.